The number of hydrogen-bond acceptors (Lipinski definition) is 5. The fourth-order valence-corrected chi connectivity index (χ4v) is 1.40. The summed E-state index contributed by atoms with van der Waals surface area (Å²) < 4.78 is 11.7. The largest absolute Gasteiger partial charge is 0.382 e. The summed E-state index contributed by atoms with van der Waals surface area (Å²) in [7, 11) is 3.36. The van der Waals surface area contributed by atoms with Gasteiger partial charge in [-0.1, -0.05) is 0 Å². The molecule has 6 nitrogen and oxygen atoms in total. The van der Waals surface area contributed by atoms with Crippen LogP contribution in [0.4, 0.5) is 5.82 Å². The van der Waals surface area contributed by atoms with Gasteiger partial charge < -0.3 is 19.4 Å². The summed E-state index contributed by atoms with van der Waals surface area (Å²) in [5.74, 6) is 0.403. The first-order valence-corrected chi connectivity index (χ1v) is 6.08. The van der Waals surface area contributed by atoms with Gasteiger partial charge in [0.15, 0.2) is 5.82 Å². The molecule has 0 aliphatic carbocycles. The van der Waals surface area contributed by atoms with Crippen molar-refractivity contribution in [1.29, 1.82) is 0 Å². The number of methoxy groups -OCH3 is 1. The molecule has 1 N–H and O–H groups in total. The van der Waals surface area contributed by atoms with Crippen molar-refractivity contribution in [3.8, 4) is 0 Å². The van der Waals surface area contributed by atoms with Gasteiger partial charge >= 0.3 is 0 Å². The lowest BCUT2D eigenvalue weighted by molar-refractivity contribution is 0.0691. The summed E-state index contributed by atoms with van der Waals surface area (Å²) in [5.41, 5.74) is -0.103. The first kappa shape index (κ1) is 14.7. The third kappa shape index (κ3) is 5.29. The molecule has 0 aromatic carbocycles. The fraction of sp³-hybridized carbons (Fsp3) is 0.667. The highest BCUT2D eigenvalue weighted by atomic mass is 16.5. The second-order valence-corrected chi connectivity index (χ2v) is 3.93. The standard InChI is InChI=1S/C12H21N3O3/c1-15-7-6-14-11(12(15)16)13-5-3-4-8-18-10-9-17-2/h6-7H,3-5,8-10H2,1-2H3,(H,13,14). The van der Waals surface area contributed by atoms with Crippen LogP contribution in [0.3, 0.4) is 0 Å². The average Bonchev–Trinajstić information content (AvgIpc) is 2.37. The Labute approximate surface area is 107 Å². The summed E-state index contributed by atoms with van der Waals surface area (Å²) in [5, 5.41) is 3.03. The highest BCUT2D eigenvalue weighted by Gasteiger charge is 2.00. The Balaban J connectivity index is 2.11. The van der Waals surface area contributed by atoms with Crippen LogP contribution in [0.15, 0.2) is 17.2 Å². The molecule has 0 amide bonds. The van der Waals surface area contributed by atoms with Gasteiger partial charge in [0.1, 0.15) is 0 Å². The number of aromatic nitrogens is 2. The lowest BCUT2D eigenvalue weighted by Crippen LogP contribution is -2.22. The van der Waals surface area contributed by atoms with Crippen molar-refractivity contribution in [2.24, 2.45) is 7.05 Å². The van der Waals surface area contributed by atoms with E-state index in [2.05, 4.69) is 10.3 Å². The van der Waals surface area contributed by atoms with Gasteiger partial charge in [-0.05, 0) is 12.8 Å². The average molecular weight is 255 g/mol. The van der Waals surface area contributed by atoms with E-state index in [-0.39, 0.29) is 5.56 Å². The second kappa shape index (κ2) is 8.66. The molecule has 0 saturated carbocycles. The molecular weight excluding hydrogens is 234 g/mol. The quantitative estimate of drug-likeness (QED) is 0.656. The van der Waals surface area contributed by atoms with Gasteiger partial charge in [0.25, 0.3) is 5.56 Å². The molecular formula is C12H21N3O3. The molecule has 0 saturated heterocycles. The van der Waals surface area contributed by atoms with Crippen LogP contribution in [0, 0.1) is 0 Å². The summed E-state index contributed by atoms with van der Waals surface area (Å²) >= 11 is 0. The van der Waals surface area contributed by atoms with Crippen LogP contribution in [-0.2, 0) is 16.5 Å². The van der Waals surface area contributed by atoms with Crippen LogP contribution < -0.4 is 10.9 Å². The first-order valence-electron chi connectivity index (χ1n) is 6.08. The number of aryl methyl sites for hydroxylation is 1. The van der Waals surface area contributed by atoms with Crippen LogP contribution >= 0.6 is 0 Å². The summed E-state index contributed by atoms with van der Waals surface area (Å²) in [6.07, 6.45) is 5.13. The molecule has 0 radical (unpaired) electrons. The number of anilines is 1. The van der Waals surface area contributed by atoms with Crippen LogP contribution in [0.25, 0.3) is 0 Å². The lowest BCUT2D eigenvalue weighted by atomic mass is 10.3. The maximum absolute atomic E-state index is 11.6. The predicted octanol–water partition coefficient (Wildman–Crippen LogP) is 0.635. The highest BCUT2D eigenvalue weighted by molar-refractivity contribution is 5.30. The molecule has 0 bridgehead atoms. The van der Waals surface area contributed by atoms with Crippen molar-refractivity contribution in [1.82, 2.24) is 9.55 Å². The van der Waals surface area contributed by atoms with Crippen molar-refractivity contribution >= 4 is 5.82 Å². The van der Waals surface area contributed by atoms with Crippen LogP contribution in [0.5, 0.6) is 0 Å². The number of nitrogens with one attached hydrogen (secondary N) is 1. The number of unbranched alkanes of at least 4 members (excludes halogenated alkanes) is 1. The third-order valence-electron chi connectivity index (χ3n) is 2.46. The Morgan fingerprint density at radius 2 is 2.17 bits per heavy atom. The molecule has 0 aliphatic rings. The summed E-state index contributed by atoms with van der Waals surface area (Å²) in [6, 6.07) is 0. The predicted molar refractivity (Wildman–Crippen MR) is 69.9 cm³/mol. The number of nitrogens with zero attached hydrogens (tertiary/aromatic N) is 2. The maximum atomic E-state index is 11.6. The summed E-state index contributed by atoms with van der Waals surface area (Å²) in [4.78, 5) is 15.6. The molecule has 1 aromatic rings. The van der Waals surface area contributed by atoms with Gasteiger partial charge in [-0.2, -0.15) is 0 Å². The van der Waals surface area contributed by atoms with Gasteiger partial charge in [0.2, 0.25) is 0 Å². The van der Waals surface area contributed by atoms with E-state index in [1.54, 1.807) is 26.6 Å². The minimum absolute atomic E-state index is 0.103. The molecule has 18 heavy (non-hydrogen) atoms. The molecule has 0 atom stereocenters. The molecule has 0 spiro atoms. The van der Waals surface area contributed by atoms with Crippen molar-refractivity contribution in [2.45, 2.75) is 12.8 Å². The van der Waals surface area contributed by atoms with Gasteiger partial charge in [-0.3, -0.25) is 4.79 Å². The molecule has 1 rings (SSSR count). The van der Waals surface area contributed by atoms with E-state index in [4.69, 9.17) is 9.47 Å². The number of hydrogen-bond donors (Lipinski definition) is 1. The van der Waals surface area contributed by atoms with Crippen molar-refractivity contribution < 1.29 is 9.47 Å². The zero-order valence-corrected chi connectivity index (χ0v) is 11.0. The van der Waals surface area contributed by atoms with Crippen molar-refractivity contribution in [3.05, 3.63) is 22.7 Å². The Morgan fingerprint density at radius 1 is 1.33 bits per heavy atom. The van der Waals surface area contributed by atoms with E-state index in [1.165, 1.54) is 4.57 Å². The first-order chi connectivity index (χ1) is 8.75. The lowest BCUT2D eigenvalue weighted by Gasteiger charge is -2.06. The topological polar surface area (TPSA) is 65.4 Å². The Morgan fingerprint density at radius 3 is 2.94 bits per heavy atom. The van der Waals surface area contributed by atoms with Gasteiger partial charge in [0, 0.05) is 39.7 Å². The molecule has 0 unspecified atom stereocenters. The normalized spacial score (nSPS) is 10.6. The minimum atomic E-state index is -0.103. The molecule has 6 heteroatoms. The Bertz CT molecular complexity index is 392. The molecule has 0 fully saturated rings. The van der Waals surface area contributed by atoms with E-state index < -0.39 is 0 Å². The van der Waals surface area contributed by atoms with E-state index in [1.807, 2.05) is 0 Å². The van der Waals surface area contributed by atoms with E-state index in [0.29, 0.717) is 25.6 Å². The SMILES string of the molecule is COCCOCCCCNc1nccn(C)c1=O. The summed E-state index contributed by atoms with van der Waals surface area (Å²) in [6.45, 7) is 2.69. The molecule has 102 valence electrons. The van der Waals surface area contributed by atoms with Crippen molar-refractivity contribution in [3.63, 3.8) is 0 Å². The maximum Gasteiger partial charge on any atom is 0.293 e. The van der Waals surface area contributed by atoms with Crippen LogP contribution in [0.1, 0.15) is 12.8 Å². The van der Waals surface area contributed by atoms with E-state index in [9.17, 15) is 4.79 Å². The monoisotopic (exact) mass is 255 g/mol. The van der Waals surface area contributed by atoms with Gasteiger partial charge in [-0.15, -0.1) is 0 Å². The van der Waals surface area contributed by atoms with E-state index >= 15 is 0 Å². The Hall–Kier alpha value is -1.40. The zero-order chi connectivity index (χ0) is 13.2. The number of ether oxygens (including phenoxy) is 2. The third-order valence-corrected chi connectivity index (χ3v) is 2.46. The Kier molecular flexibility index (Phi) is 7.05. The second-order valence-electron chi connectivity index (χ2n) is 3.93. The molecule has 1 aromatic heterocycles. The fourth-order valence-electron chi connectivity index (χ4n) is 1.40. The minimum Gasteiger partial charge on any atom is -0.382 e. The number of rotatable bonds is 9. The zero-order valence-electron chi connectivity index (χ0n) is 11.0. The van der Waals surface area contributed by atoms with Crippen LogP contribution in [0.2, 0.25) is 0 Å². The van der Waals surface area contributed by atoms with Crippen LogP contribution in [-0.4, -0.2) is 43.0 Å². The smallest absolute Gasteiger partial charge is 0.293 e. The van der Waals surface area contributed by atoms with Gasteiger partial charge in [0.05, 0.1) is 13.2 Å². The van der Waals surface area contributed by atoms with E-state index in [0.717, 1.165) is 19.4 Å². The highest BCUT2D eigenvalue weighted by Crippen LogP contribution is 1.95. The van der Waals surface area contributed by atoms with Crippen molar-refractivity contribution in [2.75, 3.05) is 38.8 Å². The van der Waals surface area contributed by atoms with Gasteiger partial charge in [-0.25, -0.2) is 4.98 Å². The molecule has 1 heterocycles. The molecule has 0 aliphatic heterocycles.